The van der Waals surface area contributed by atoms with E-state index in [0.717, 1.165) is 11.3 Å². The predicted molar refractivity (Wildman–Crippen MR) is 83.5 cm³/mol. The number of hydrogen-bond acceptors (Lipinski definition) is 5. The van der Waals surface area contributed by atoms with Crippen LogP contribution >= 0.6 is 0 Å². The van der Waals surface area contributed by atoms with E-state index in [4.69, 9.17) is 9.47 Å². The lowest BCUT2D eigenvalue weighted by atomic mass is 10.0. The molecule has 0 aliphatic rings. The highest BCUT2D eigenvalue weighted by Gasteiger charge is 2.20. The van der Waals surface area contributed by atoms with Crippen molar-refractivity contribution in [3.63, 3.8) is 0 Å². The zero-order valence-electron chi connectivity index (χ0n) is 13.6. The minimum absolute atomic E-state index is 0.152. The smallest absolute Gasteiger partial charge is 0.322 e. The minimum Gasteiger partial charge on any atom is -0.497 e. The summed E-state index contributed by atoms with van der Waals surface area (Å²) in [5, 5.41) is 3.28. The summed E-state index contributed by atoms with van der Waals surface area (Å²) in [4.78, 5) is 13.8. The van der Waals surface area contributed by atoms with E-state index in [1.165, 1.54) is 7.11 Å². The molecule has 5 nitrogen and oxygen atoms in total. The Morgan fingerprint density at radius 3 is 2.57 bits per heavy atom. The third-order valence-corrected chi connectivity index (χ3v) is 3.55. The maximum atomic E-state index is 11.6. The number of nitrogens with zero attached hydrogens (tertiary/aromatic N) is 1. The Morgan fingerprint density at radius 2 is 2.05 bits per heavy atom. The molecule has 1 aromatic rings. The van der Waals surface area contributed by atoms with Crippen LogP contribution in [0.3, 0.4) is 0 Å². The summed E-state index contributed by atoms with van der Waals surface area (Å²) in [7, 11) is 7.11. The molecule has 0 radical (unpaired) electrons. The quantitative estimate of drug-likeness (QED) is 0.741. The Hall–Kier alpha value is -1.59. The van der Waals surface area contributed by atoms with Crippen molar-refractivity contribution >= 4 is 5.97 Å². The number of carbonyl (C=O) groups is 1. The van der Waals surface area contributed by atoms with Crippen molar-refractivity contribution in [2.75, 3.05) is 34.9 Å². The normalized spacial score (nSPS) is 13.8. The van der Waals surface area contributed by atoms with E-state index >= 15 is 0 Å². The summed E-state index contributed by atoms with van der Waals surface area (Å²) in [6, 6.07) is 7.86. The molecule has 0 fully saturated rings. The second-order valence-electron chi connectivity index (χ2n) is 5.15. The summed E-state index contributed by atoms with van der Waals surface area (Å²) in [6.07, 6.45) is 0.699. The van der Waals surface area contributed by atoms with Crippen molar-refractivity contribution in [3.05, 3.63) is 29.8 Å². The minimum atomic E-state index is -0.275. The van der Waals surface area contributed by atoms with Crippen molar-refractivity contribution in [3.8, 4) is 5.75 Å². The van der Waals surface area contributed by atoms with Gasteiger partial charge in [-0.15, -0.1) is 0 Å². The predicted octanol–water partition coefficient (Wildman–Crippen LogP) is 1.84. The number of esters is 1. The number of nitrogens with one attached hydrogen (secondary N) is 1. The van der Waals surface area contributed by atoms with Gasteiger partial charge in [0, 0.05) is 12.6 Å². The lowest BCUT2D eigenvalue weighted by molar-refractivity contribution is -0.143. The molecule has 0 aromatic heterocycles. The Morgan fingerprint density at radius 1 is 1.33 bits per heavy atom. The fourth-order valence-corrected chi connectivity index (χ4v) is 2.24. The molecule has 0 saturated carbocycles. The molecule has 21 heavy (non-hydrogen) atoms. The lowest BCUT2D eigenvalue weighted by Gasteiger charge is -2.27. The molecule has 0 spiro atoms. The third-order valence-electron chi connectivity index (χ3n) is 3.55. The van der Waals surface area contributed by atoms with Crippen molar-refractivity contribution < 1.29 is 14.3 Å². The molecule has 1 rings (SSSR count). The second kappa shape index (κ2) is 8.64. The molecule has 0 heterocycles. The number of benzene rings is 1. The van der Waals surface area contributed by atoms with Gasteiger partial charge in [-0.25, -0.2) is 0 Å². The van der Waals surface area contributed by atoms with Crippen LogP contribution in [0.4, 0.5) is 0 Å². The molecule has 1 N–H and O–H groups in total. The van der Waals surface area contributed by atoms with Crippen molar-refractivity contribution in [2.24, 2.45) is 0 Å². The van der Waals surface area contributed by atoms with Crippen LogP contribution in [-0.4, -0.2) is 51.8 Å². The number of methoxy groups -OCH3 is 2. The van der Waals surface area contributed by atoms with Gasteiger partial charge in [-0.05, 0) is 38.2 Å². The van der Waals surface area contributed by atoms with E-state index in [-0.39, 0.29) is 18.1 Å². The van der Waals surface area contributed by atoms with Gasteiger partial charge >= 0.3 is 5.97 Å². The summed E-state index contributed by atoms with van der Waals surface area (Å²) < 4.78 is 10.1. The fraction of sp³-hybridized carbons (Fsp3) is 0.562. The van der Waals surface area contributed by atoms with Crippen LogP contribution in [0.2, 0.25) is 0 Å². The molecule has 0 aliphatic heterocycles. The Labute approximate surface area is 127 Å². The van der Waals surface area contributed by atoms with Gasteiger partial charge in [-0.1, -0.05) is 19.1 Å². The van der Waals surface area contributed by atoms with Crippen LogP contribution in [0.15, 0.2) is 24.3 Å². The summed E-state index contributed by atoms with van der Waals surface area (Å²) >= 11 is 0. The lowest BCUT2D eigenvalue weighted by Crippen LogP contribution is -2.41. The molecule has 2 unspecified atom stereocenters. The maximum Gasteiger partial charge on any atom is 0.322 e. The molecule has 0 amide bonds. The number of likely N-dealkylation sites (N-methyl/N-ethyl adjacent to an activating group) is 1. The molecule has 0 bridgehead atoms. The first-order chi connectivity index (χ1) is 10.0. The van der Waals surface area contributed by atoms with E-state index in [9.17, 15) is 4.79 Å². The number of ether oxygens (including phenoxy) is 2. The summed E-state index contributed by atoms with van der Waals surface area (Å²) in [6.45, 7) is 2.62. The topological polar surface area (TPSA) is 50.8 Å². The average molecular weight is 294 g/mol. The largest absolute Gasteiger partial charge is 0.497 e. The zero-order valence-corrected chi connectivity index (χ0v) is 13.6. The van der Waals surface area contributed by atoms with Crippen LogP contribution < -0.4 is 10.1 Å². The molecule has 0 saturated heterocycles. The van der Waals surface area contributed by atoms with Gasteiger partial charge in [-0.2, -0.15) is 0 Å². The Bertz CT molecular complexity index is 449. The first-order valence-corrected chi connectivity index (χ1v) is 7.15. The van der Waals surface area contributed by atoms with Gasteiger partial charge in [0.15, 0.2) is 0 Å². The van der Waals surface area contributed by atoms with E-state index in [1.54, 1.807) is 7.11 Å². The van der Waals surface area contributed by atoms with Crippen molar-refractivity contribution in [2.45, 2.75) is 25.4 Å². The molecule has 2 atom stereocenters. The zero-order chi connectivity index (χ0) is 15.8. The maximum absolute atomic E-state index is 11.6. The Balaban J connectivity index is 2.80. The molecular formula is C16H26N2O3. The SMILES string of the molecule is CCC(NCC(c1cccc(OC)c1)N(C)C)C(=O)OC. The third kappa shape index (κ3) is 5.02. The summed E-state index contributed by atoms with van der Waals surface area (Å²) in [5.74, 6) is 0.611. The van der Waals surface area contributed by atoms with Gasteiger partial charge in [0.05, 0.1) is 14.2 Å². The van der Waals surface area contributed by atoms with Gasteiger partial charge in [0.1, 0.15) is 11.8 Å². The van der Waals surface area contributed by atoms with Gasteiger partial charge < -0.3 is 19.7 Å². The van der Waals surface area contributed by atoms with E-state index in [2.05, 4.69) is 16.3 Å². The average Bonchev–Trinajstić information content (AvgIpc) is 2.50. The van der Waals surface area contributed by atoms with Crippen molar-refractivity contribution in [1.29, 1.82) is 0 Å². The molecular weight excluding hydrogens is 268 g/mol. The first kappa shape index (κ1) is 17.5. The van der Waals surface area contributed by atoms with E-state index in [0.29, 0.717) is 13.0 Å². The van der Waals surface area contributed by atoms with Gasteiger partial charge in [0.25, 0.3) is 0 Å². The van der Waals surface area contributed by atoms with Crippen LogP contribution in [0.5, 0.6) is 5.75 Å². The fourth-order valence-electron chi connectivity index (χ4n) is 2.24. The molecule has 0 aliphatic carbocycles. The highest BCUT2D eigenvalue weighted by atomic mass is 16.5. The molecule has 118 valence electrons. The first-order valence-electron chi connectivity index (χ1n) is 7.15. The van der Waals surface area contributed by atoms with Crippen LogP contribution in [-0.2, 0) is 9.53 Å². The highest BCUT2D eigenvalue weighted by molar-refractivity contribution is 5.75. The highest BCUT2D eigenvalue weighted by Crippen LogP contribution is 2.22. The summed E-state index contributed by atoms with van der Waals surface area (Å²) in [5.41, 5.74) is 1.14. The van der Waals surface area contributed by atoms with E-state index < -0.39 is 0 Å². The second-order valence-corrected chi connectivity index (χ2v) is 5.15. The molecule has 5 heteroatoms. The molecule has 1 aromatic carbocycles. The number of rotatable bonds is 8. The van der Waals surface area contributed by atoms with Gasteiger partial charge in [-0.3, -0.25) is 4.79 Å². The van der Waals surface area contributed by atoms with Crippen molar-refractivity contribution in [1.82, 2.24) is 10.2 Å². The van der Waals surface area contributed by atoms with Gasteiger partial charge in [0.2, 0.25) is 0 Å². The Kier molecular flexibility index (Phi) is 7.19. The standard InChI is InChI=1S/C16H26N2O3/c1-6-14(16(19)21-5)17-11-15(18(2)3)12-8-7-9-13(10-12)20-4/h7-10,14-15,17H,6,11H2,1-5H3. The van der Waals surface area contributed by atoms with Crippen LogP contribution in [0, 0.1) is 0 Å². The monoisotopic (exact) mass is 294 g/mol. The van der Waals surface area contributed by atoms with Crippen LogP contribution in [0.1, 0.15) is 24.9 Å². The van der Waals surface area contributed by atoms with E-state index in [1.807, 2.05) is 39.2 Å². The number of hydrogen-bond donors (Lipinski definition) is 1. The van der Waals surface area contributed by atoms with Crippen LogP contribution in [0.25, 0.3) is 0 Å². The number of carbonyl (C=O) groups excluding carboxylic acids is 1.